The molecular formula is C17H26IN5. The summed E-state index contributed by atoms with van der Waals surface area (Å²) in [5, 5.41) is 3.37. The molecule has 0 aromatic carbocycles. The Hall–Kier alpha value is -1.31. The lowest BCUT2D eigenvalue weighted by molar-refractivity contribution is 0.530. The summed E-state index contributed by atoms with van der Waals surface area (Å²) in [5.41, 5.74) is 9.11. The molecule has 1 aliphatic rings. The fourth-order valence-corrected chi connectivity index (χ4v) is 3.12. The minimum atomic E-state index is 0. The first-order valence-corrected chi connectivity index (χ1v) is 8.22. The number of nitrogens with zero attached hydrogens (tertiary/aromatic N) is 3. The number of rotatable bonds is 3. The van der Waals surface area contributed by atoms with Gasteiger partial charge in [0.25, 0.3) is 0 Å². The highest BCUT2D eigenvalue weighted by molar-refractivity contribution is 14.0. The number of pyridine rings is 1. The molecule has 0 bridgehead atoms. The van der Waals surface area contributed by atoms with Gasteiger partial charge in [0.1, 0.15) is 5.65 Å². The van der Waals surface area contributed by atoms with Gasteiger partial charge in [-0.15, -0.1) is 24.0 Å². The number of aryl methyl sites for hydroxylation is 1. The van der Waals surface area contributed by atoms with Crippen LogP contribution in [0.1, 0.15) is 49.9 Å². The third-order valence-corrected chi connectivity index (χ3v) is 4.36. The highest BCUT2D eigenvalue weighted by Gasteiger charge is 2.12. The fourth-order valence-electron chi connectivity index (χ4n) is 3.12. The Bertz CT molecular complexity index is 656. The van der Waals surface area contributed by atoms with Gasteiger partial charge in [-0.2, -0.15) is 0 Å². The third kappa shape index (κ3) is 4.83. The highest BCUT2D eigenvalue weighted by atomic mass is 127. The number of guanidine groups is 1. The van der Waals surface area contributed by atoms with Crippen LogP contribution < -0.4 is 11.1 Å². The molecular weight excluding hydrogens is 401 g/mol. The lowest BCUT2D eigenvalue weighted by Gasteiger charge is -2.16. The Morgan fingerprint density at radius 3 is 2.74 bits per heavy atom. The number of aromatic nitrogens is 2. The molecule has 5 nitrogen and oxygen atoms in total. The van der Waals surface area contributed by atoms with Gasteiger partial charge in [-0.05, 0) is 31.9 Å². The van der Waals surface area contributed by atoms with E-state index in [1.807, 2.05) is 18.3 Å². The van der Waals surface area contributed by atoms with Crippen LogP contribution in [0.25, 0.3) is 5.65 Å². The first-order valence-electron chi connectivity index (χ1n) is 8.22. The number of aliphatic imine (C=N–C) groups is 1. The molecule has 2 heterocycles. The molecule has 126 valence electrons. The monoisotopic (exact) mass is 427 g/mol. The normalized spacial score (nSPS) is 16.8. The van der Waals surface area contributed by atoms with Gasteiger partial charge in [0.2, 0.25) is 0 Å². The number of hydrogen-bond acceptors (Lipinski definition) is 2. The molecule has 2 aromatic heterocycles. The molecule has 0 amide bonds. The topological polar surface area (TPSA) is 67.7 Å². The van der Waals surface area contributed by atoms with Crippen LogP contribution in [0.4, 0.5) is 0 Å². The summed E-state index contributed by atoms with van der Waals surface area (Å²) in [6.45, 7) is 2.59. The number of nitrogens with one attached hydrogen (secondary N) is 1. The van der Waals surface area contributed by atoms with Gasteiger partial charge in [0.05, 0.1) is 12.2 Å². The lowest BCUT2D eigenvalue weighted by atomic mass is 10.1. The quantitative estimate of drug-likeness (QED) is 0.342. The van der Waals surface area contributed by atoms with Gasteiger partial charge in [0.15, 0.2) is 5.96 Å². The molecule has 1 aliphatic carbocycles. The average molecular weight is 427 g/mol. The second-order valence-corrected chi connectivity index (χ2v) is 6.16. The summed E-state index contributed by atoms with van der Waals surface area (Å²) in [5.74, 6) is 0.542. The zero-order valence-corrected chi connectivity index (χ0v) is 16.0. The van der Waals surface area contributed by atoms with E-state index < -0.39 is 0 Å². The first kappa shape index (κ1) is 18.0. The van der Waals surface area contributed by atoms with E-state index in [1.165, 1.54) is 44.2 Å². The van der Waals surface area contributed by atoms with Crippen LogP contribution in [0.3, 0.4) is 0 Å². The van der Waals surface area contributed by atoms with Crippen molar-refractivity contribution >= 4 is 35.6 Å². The molecule has 6 heteroatoms. The molecule has 0 aliphatic heterocycles. The van der Waals surface area contributed by atoms with Crippen molar-refractivity contribution in [2.75, 3.05) is 0 Å². The Morgan fingerprint density at radius 2 is 2.04 bits per heavy atom. The van der Waals surface area contributed by atoms with E-state index in [-0.39, 0.29) is 24.0 Å². The molecule has 0 spiro atoms. The number of fused-ring (bicyclic) bond motifs is 1. The van der Waals surface area contributed by atoms with Crippen LogP contribution in [0.15, 0.2) is 29.4 Å². The summed E-state index contributed by atoms with van der Waals surface area (Å²) >= 11 is 0. The van der Waals surface area contributed by atoms with Crippen molar-refractivity contribution in [3.05, 3.63) is 35.8 Å². The van der Waals surface area contributed by atoms with Crippen LogP contribution in [0, 0.1) is 6.92 Å². The van der Waals surface area contributed by atoms with Crippen LogP contribution >= 0.6 is 24.0 Å². The van der Waals surface area contributed by atoms with E-state index in [0.717, 1.165) is 11.3 Å². The highest BCUT2D eigenvalue weighted by Crippen LogP contribution is 2.17. The van der Waals surface area contributed by atoms with Gasteiger partial charge < -0.3 is 15.5 Å². The van der Waals surface area contributed by atoms with Crippen LogP contribution in [-0.4, -0.2) is 21.4 Å². The predicted molar refractivity (Wildman–Crippen MR) is 105 cm³/mol. The SMILES string of the molecule is Cc1cccc2nc(CN=C(N)NC3CCCCCC3)cn12.I. The number of halogens is 1. The second kappa shape index (κ2) is 8.52. The largest absolute Gasteiger partial charge is 0.370 e. The maximum absolute atomic E-state index is 6.03. The zero-order valence-electron chi connectivity index (χ0n) is 13.7. The predicted octanol–water partition coefficient (Wildman–Crippen LogP) is 3.39. The number of nitrogens with two attached hydrogens (primary N) is 1. The number of imidazole rings is 1. The van der Waals surface area contributed by atoms with Crippen molar-refractivity contribution in [3.8, 4) is 0 Å². The average Bonchev–Trinajstić information content (AvgIpc) is 2.76. The molecule has 0 radical (unpaired) electrons. The first-order chi connectivity index (χ1) is 10.7. The Labute approximate surface area is 154 Å². The maximum Gasteiger partial charge on any atom is 0.189 e. The molecule has 2 aromatic rings. The van der Waals surface area contributed by atoms with E-state index >= 15 is 0 Å². The molecule has 3 N–H and O–H groups in total. The lowest BCUT2D eigenvalue weighted by Crippen LogP contribution is -2.39. The Morgan fingerprint density at radius 1 is 1.30 bits per heavy atom. The molecule has 0 unspecified atom stereocenters. The van der Waals surface area contributed by atoms with Gasteiger partial charge in [-0.3, -0.25) is 0 Å². The molecule has 0 atom stereocenters. The Balaban J connectivity index is 0.00000192. The maximum atomic E-state index is 6.03. The molecule has 1 saturated carbocycles. The standard InChI is InChI=1S/C17H25N5.HI/c1-13-7-6-10-16-20-15(12-22(13)16)11-19-17(18)21-14-8-4-2-3-5-9-14;/h6-7,10,12,14H,2-5,8-9,11H2,1H3,(H3,18,19,21);1H. The van der Waals surface area contributed by atoms with E-state index in [9.17, 15) is 0 Å². The Kier molecular flexibility index (Phi) is 6.68. The van der Waals surface area contributed by atoms with Gasteiger partial charge in [-0.25, -0.2) is 9.98 Å². The van der Waals surface area contributed by atoms with Crippen molar-refractivity contribution in [1.29, 1.82) is 0 Å². The van der Waals surface area contributed by atoms with Crippen molar-refractivity contribution in [2.24, 2.45) is 10.7 Å². The summed E-state index contributed by atoms with van der Waals surface area (Å²) in [6, 6.07) is 6.58. The third-order valence-electron chi connectivity index (χ3n) is 4.36. The number of hydrogen-bond donors (Lipinski definition) is 2. The second-order valence-electron chi connectivity index (χ2n) is 6.16. The van der Waals surface area contributed by atoms with Crippen molar-refractivity contribution in [2.45, 2.75) is 58.0 Å². The van der Waals surface area contributed by atoms with E-state index in [4.69, 9.17) is 5.73 Å². The summed E-state index contributed by atoms with van der Waals surface area (Å²) in [7, 11) is 0. The van der Waals surface area contributed by atoms with Crippen LogP contribution in [0.5, 0.6) is 0 Å². The van der Waals surface area contributed by atoms with Gasteiger partial charge >= 0.3 is 0 Å². The molecule has 23 heavy (non-hydrogen) atoms. The summed E-state index contributed by atoms with van der Waals surface area (Å²) in [4.78, 5) is 9.03. The smallest absolute Gasteiger partial charge is 0.189 e. The van der Waals surface area contributed by atoms with Crippen LogP contribution in [0.2, 0.25) is 0 Å². The van der Waals surface area contributed by atoms with Gasteiger partial charge in [-0.1, -0.05) is 31.7 Å². The van der Waals surface area contributed by atoms with Crippen molar-refractivity contribution in [3.63, 3.8) is 0 Å². The summed E-state index contributed by atoms with van der Waals surface area (Å²) < 4.78 is 2.08. The minimum Gasteiger partial charge on any atom is -0.370 e. The fraction of sp³-hybridized carbons (Fsp3) is 0.529. The summed E-state index contributed by atoms with van der Waals surface area (Å²) in [6.07, 6.45) is 9.69. The zero-order chi connectivity index (χ0) is 15.4. The van der Waals surface area contributed by atoms with E-state index in [0.29, 0.717) is 18.5 Å². The van der Waals surface area contributed by atoms with Crippen molar-refractivity contribution in [1.82, 2.24) is 14.7 Å². The molecule has 1 fully saturated rings. The van der Waals surface area contributed by atoms with E-state index in [1.54, 1.807) is 0 Å². The van der Waals surface area contributed by atoms with Crippen LogP contribution in [-0.2, 0) is 6.54 Å². The van der Waals surface area contributed by atoms with Crippen molar-refractivity contribution < 1.29 is 0 Å². The van der Waals surface area contributed by atoms with Gasteiger partial charge in [0, 0.05) is 17.9 Å². The molecule has 0 saturated heterocycles. The minimum absolute atomic E-state index is 0. The molecule has 3 rings (SSSR count). The van der Waals surface area contributed by atoms with E-state index in [2.05, 4.69) is 32.7 Å².